The van der Waals surface area contributed by atoms with Crippen molar-refractivity contribution in [3.05, 3.63) is 33.9 Å². The quantitative estimate of drug-likeness (QED) is 0.357. The standard InChI is InChI=1S/C12H18N2O3/c1-9(2)6-7-17-8-10-4-3-5-11(12(10)13)14(15)16/h3-5,9H,6-8,13H2,1-2H3. The van der Waals surface area contributed by atoms with E-state index in [1.54, 1.807) is 12.1 Å². The van der Waals surface area contributed by atoms with Crippen molar-refractivity contribution in [2.75, 3.05) is 12.3 Å². The van der Waals surface area contributed by atoms with Crippen LogP contribution in [0.4, 0.5) is 11.4 Å². The number of nitro groups is 1. The number of hydrogen-bond donors (Lipinski definition) is 1. The highest BCUT2D eigenvalue weighted by molar-refractivity contribution is 5.62. The third-order valence-corrected chi connectivity index (χ3v) is 2.47. The minimum Gasteiger partial charge on any atom is -0.393 e. The van der Waals surface area contributed by atoms with Crippen LogP contribution in [0, 0.1) is 16.0 Å². The van der Waals surface area contributed by atoms with Crippen molar-refractivity contribution in [2.45, 2.75) is 26.9 Å². The van der Waals surface area contributed by atoms with Crippen LogP contribution in [0.15, 0.2) is 18.2 Å². The third-order valence-electron chi connectivity index (χ3n) is 2.47. The van der Waals surface area contributed by atoms with Crippen LogP contribution in [-0.2, 0) is 11.3 Å². The van der Waals surface area contributed by atoms with Gasteiger partial charge in [-0.1, -0.05) is 26.0 Å². The number of para-hydroxylation sites is 1. The molecule has 5 nitrogen and oxygen atoms in total. The van der Waals surface area contributed by atoms with E-state index in [9.17, 15) is 10.1 Å². The summed E-state index contributed by atoms with van der Waals surface area (Å²) < 4.78 is 5.44. The van der Waals surface area contributed by atoms with Gasteiger partial charge in [0.25, 0.3) is 5.69 Å². The zero-order valence-corrected chi connectivity index (χ0v) is 10.2. The Hall–Kier alpha value is -1.62. The van der Waals surface area contributed by atoms with Crippen LogP contribution in [0.25, 0.3) is 0 Å². The first kappa shape index (κ1) is 13.4. The van der Waals surface area contributed by atoms with Gasteiger partial charge in [0, 0.05) is 18.2 Å². The molecule has 2 N–H and O–H groups in total. The SMILES string of the molecule is CC(C)CCOCc1cccc([N+](=O)[O-])c1N. The van der Waals surface area contributed by atoms with Crippen LogP contribution in [0.1, 0.15) is 25.8 Å². The number of benzene rings is 1. The van der Waals surface area contributed by atoms with Crippen LogP contribution in [0.5, 0.6) is 0 Å². The first-order valence-electron chi connectivity index (χ1n) is 5.62. The molecule has 94 valence electrons. The molecule has 1 aromatic rings. The molecule has 0 aliphatic carbocycles. The largest absolute Gasteiger partial charge is 0.393 e. The lowest BCUT2D eigenvalue weighted by molar-refractivity contribution is -0.384. The van der Waals surface area contributed by atoms with Crippen molar-refractivity contribution in [1.82, 2.24) is 0 Å². The van der Waals surface area contributed by atoms with E-state index in [-0.39, 0.29) is 11.4 Å². The normalized spacial score (nSPS) is 10.8. The predicted octanol–water partition coefficient (Wildman–Crippen LogP) is 2.74. The number of nitrogens with zero attached hydrogens (tertiary/aromatic N) is 1. The van der Waals surface area contributed by atoms with E-state index in [1.807, 2.05) is 0 Å². The van der Waals surface area contributed by atoms with E-state index in [1.165, 1.54) is 6.07 Å². The Morgan fingerprint density at radius 2 is 2.18 bits per heavy atom. The van der Waals surface area contributed by atoms with Crippen LogP contribution in [0.3, 0.4) is 0 Å². The topological polar surface area (TPSA) is 78.4 Å². The molecule has 0 aliphatic heterocycles. The molecule has 1 aromatic carbocycles. The molecule has 17 heavy (non-hydrogen) atoms. The Balaban J connectivity index is 2.59. The maximum absolute atomic E-state index is 10.7. The van der Waals surface area contributed by atoms with Crippen LogP contribution in [0.2, 0.25) is 0 Å². The van der Waals surface area contributed by atoms with E-state index < -0.39 is 4.92 Å². The number of hydrogen-bond acceptors (Lipinski definition) is 4. The minimum atomic E-state index is -0.479. The Labute approximate surface area is 101 Å². The Kier molecular flexibility index (Phi) is 4.90. The van der Waals surface area contributed by atoms with Gasteiger partial charge in [-0.2, -0.15) is 0 Å². The highest BCUT2D eigenvalue weighted by Gasteiger charge is 2.13. The second kappa shape index (κ2) is 6.20. The highest BCUT2D eigenvalue weighted by atomic mass is 16.6. The number of ether oxygens (including phenoxy) is 1. The Bertz CT molecular complexity index is 391. The maximum Gasteiger partial charge on any atom is 0.292 e. The molecule has 1 rings (SSSR count). The van der Waals surface area contributed by atoms with Gasteiger partial charge in [-0.25, -0.2) is 0 Å². The summed E-state index contributed by atoms with van der Waals surface area (Å²) in [6.45, 7) is 5.19. The van der Waals surface area contributed by atoms with E-state index in [0.29, 0.717) is 24.7 Å². The van der Waals surface area contributed by atoms with E-state index in [4.69, 9.17) is 10.5 Å². The molecule has 0 bridgehead atoms. The lowest BCUT2D eigenvalue weighted by atomic mass is 10.1. The Morgan fingerprint density at radius 3 is 2.76 bits per heavy atom. The molecule has 0 unspecified atom stereocenters. The summed E-state index contributed by atoms with van der Waals surface area (Å²) in [5.74, 6) is 0.581. The van der Waals surface area contributed by atoms with Gasteiger partial charge in [0.2, 0.25) is 0 Å². The van der Waals surface area contributed by atoms with Crippen molar-refractivity contribution < 1.29 is 9.66 Å². The molecule has 0 saturated heterocycles. The summed E-state index contributed by atoms with van der Waals surface area (Å²) in [6, 6.07) is 4.76. The number of anilines is 1. The summed E-state index contributed by atoms with van der Waals surface area (Å²) >= 11 is 0. The first-order valence-corrected chi connectivity index (χ1v) is 5.62. The molecular formula is C12H18N2O3. The number of rotatable bonds is 6. The molecule has 0 heterocycles. The fraction of sp³-hybridized carbons (Fsp3) is 0.500. The summed E-state index contributed by atoms with van der Waals surface area (Å²) in [5, 5.41) is 10.7. The molecule has 0 fully saturated rings. The average Bonchev–Trinajstić information content (AvgIpc) is 2.25. The average molecular weight is 238 g/mol. The zero-order valence-electron chi connectivity index (χ0n) is 10.2. The highest BCUT2D eigenvalue weighted by Crippen LogP contribution is 2.25. The molecule has 0 saturated carbocycles. The second-order valence-corrected chi connectivity index (χ2v) is 4.34. The van der Waals surface area contributed by atoms with Crippen molar-refractivity contribution in [2.24, 2.45) is 5.92 Å². The lowest BCUT2D eigenvalue weighted by Crippen LogP contribution is -2.04. The van der Waals surface area contributed by atoms with Gasteiger partial charge < -0.3 is 10.5 Å². The van der Waals surface area contributed by atoms with Crippen LogP contribution >= 0.6 is 0 Å². The van der Waals surface area contributed by atoms with Crippen LogP contribution < -0.4 is 5.73 Å². The van der Waals surface area contributed by atoms with Crippen molar-refractivity contribution in [1.29, 1.82) is 0 Å². The number of nitro benzene ring substituents is 1. The molecule has 0 spiro atoms. The first-order chi connectivity index (χ1) is 8.02. The summed E-state index contributed by atoms with van der Waals surface area (Å²) in [4.78, 5) is 10.2. The molecule has 0 radical (unpaired) electrons. The number of nitrogens with two attached hydrogens (primary N) is 1. The summed E-state index contributed by atoms with van der Waals surface area (Å²) in [5.41, 5.74) is 6.51. The van der Waals surface area contributed by atoms with Gasteiger partial charge in [-0.05, 0) is 12.3 Å². The van der Waals surface area contributed by atoms with Gasteiger partial charge in [-0.15, -0.1) is 0 Å². The van der Waals surface area contributed by atoms with Crippen molar-refractivity contribution in [3.63, 3.8) is 0 Å². The molecule has 0 aromatic heterocycles. The zero-order chi connectivity index (χ0) is 12.8. The van der Waals surface area contributed by atoms with Gasteiger partial charge in [0.15, 0.2) is 0 Å². The fourth-order valence-electron chi connectivity index (χ4n) is 1.39. The maximum atomic E-state index is 10.7. The van der Waals surface area contributed by atoms with Crippen molar-refractivity contribution >= 4 is 11.4 Å². The molecule has 0 atom stereocenters. The van der Waals surface area contributed by atoms with E-state index >= 15 is 0 Å². The van der Waals surface area contributed by atoms with Gasteiger partial charge in [0.1, 0.15) is 5.69 Å². The smallest absolute Gasteiger partial charge is 0.292 e. The number of nitrogen functional groups attached to an aromatic ring is 1. The van der Waals surface area contributed by atoms with Gasteiger partial charge >= 0.3 is 0 Å². The third kappa shape index (κ3) is 4.03. The lowest BCUT2D eigenvalue weighted by Gasteiger charge is -2.08. The summed E-state index contributed by atoms with van der Waals surface area (Å²) in [6.07, 6.45) is 0.967. The van der Waals surface area contributed by atoms with E-state index in [0.717, 1.165) is 6.42 Å². The molecule has 0 aliphatic rings. The second-order valence-electron chi connectivity index (χ2n) is 4.34. The molecule has 5 heteroatoms. The van der Waals surface area contributed by atoms with Crippen molar-refractivity contribution in [3.8, 4) is 0 Å². The van der Waals surface area contributed by atoms with Crippen LogP contribution in [-0.4, -0.2) is 11.5 Å². The summed E-state index contributed by atoms with van der Waals surface area (Å²) in [7, 11) is 0. The minimum absolute atomic E-state index is 0.0602. The van der Waals surface area contributed by atoms with Gasteiger partial charge in [0.05, 0.1) is 11.5 Å². The van der Waals surface area contributed by atoms with Gasteiger partial charge in [-0.3, -0.25) is 10.1 Å². The predicted molar refractivity (Wildman–Crippen MR) is 66.6 cm³/mol. The fourth-order valence-corrected chi connectivity index (χ4v) is 1.39. The van der Waals surface area contributed by atoms with E-state index in [2.05, 4.69) is 13.8 Å². The monoisotopic (exact) mass is 238 g/mol. The molecular weight excluding hydrogens is 220 g/mol. The molecule has 0 amide bonds. The Morgan fingerprint density at radius 1 is 1.47 bits per heavy atom.